The minimum Gasteiger partial charge on any atom is -0.394 e. The fourth-order valence-corrected chi connectivity index (χ4v) is 6.86. The molecule has 1 aromatic rings. The van der Waals surface area contributed by atoms with E-state index in [4.69, 9.17) is 5.11 Å². The van der Waals surface area contributed by atoms with Crippen molar-refractivity contribution >= 4 is 19.9 Å². The van der Waals surface area contributed by atoms with Crippen LogP contribution in [0.3, 0.4) is 0 Å². The number of benzene rings is 1. The Kier molecular flexibility index (Phi) is 5.95. The monoisotopic (exact) mass is 391 g/mol. The van der Waals surface area contributed by atoms with Gasteiger partial charge in [-0.3, -0.25) is 0 Å². The van der Waals surface area contributed by atoms with Gasteiger partial charge < -0.3 is 10.2 Å². The summed E-state index contributed by atoms with van der Waals surface area (Å²) in [6.07, 6.45) is -1.09. The zero-order valence-corrected chi connectivity index (χ0v) is 16.3. The van der Waals surface area contributed by atoms with Crippen molar-refractivity contribution in [2.75, 3.05) is 24.7 Å². The lowest BCUT2D eigenvalue weighted by Crippen LogP contribution is -2.46. The maximum atomic E-state index is 13.2. The van der Waals surface area contributed by atoms with E-state index in [-0.39, 0.29) is 29.4 Å². The van der Waals surface area contributed by atoms with Crippen LogP contribution in [0.2, 0.25) is 0 Å². The van der Waals surface area contributed by atoms with Crippen LogP contribution < -0.4 is 0 Å². The first-order valence-electron chi connectivity index (χ1n) is 8.07. The predicted molar refractivity (Wildman–Crippen MR) is 94.7 cm³/mol. The lowest BCUT2D eigenvalue weighted by Gasteiger charge is -2.29. The largest absolute Gasteiger partial charge is 0.394 e. The number of sulfonamides is 1. The first-order valence-corrected chi connectivity index (χ1v) is 11.3. The molecule has 1 saturated heterocycles. The average Bonchev–Trinajstić information content (AvgIpc) is 2.87. The van der Waals surface area contributed by atoms with Crippen LogP contribution in [-0.2, 0) is 19.9 Å². The molecule has 0 bridgehead atoms. The maximum Gasteiger partial charge on any atom is 0.243 e. The lowest BCUT2D eigenvalue weighted by atomic mass is 10.1. The molecule has 0 saturated carbocycles. The van der Waals surface area contributed by atoms with Gasteiger partial charge in [0.25, 0.3) is 0 Å². The van der Waals surface area contributed by atoms with Gasteiger partial charge in [0, 0.05) is 12.6 Å². The highest BCUT2D eigenvalue weighted by Crippen LogP contribution is 2.28. The molecule has 1 aliphatic rings. The molecule has 142 valence electrons. The van der Waals surface area contributed by atoms with Crippen molar-refractivity contribution in [2.24, 2.45) is 0 Å². The van der Waals surface area contributed by atoms with Gasteiger partial charge >= 0.3 is 0 Å². The quantitative estimate of drug-likeness (QED) is 0.714. The zero-order valence-electron chi connectivity index (χ0n) is 14.6. The number of sulfone groups is 1. The molecular weight excluding hydrogens is 366 g/mol. The summed E-state index contributed by atoms with van der Waals surface area (Å²) < 4.78 is 51.0. The smallest absolute Gasteiger partial charge is 0.243 e. The van der Waals surface area contributed by atoms with Crippen LogP contribution in [0.5, 0.6) is 0 Å². The second-order valence-electron chi connectivity index (χ2n) is 6.67. The molecule has 1 fully saturated rings. The third-order valence-corrected chi connectivity index (χ3v) is 8.41. The van der Waals surface area contributed by atoms with Crippen LogP contribution in [0.15, 0.2) is 17.0 Å². The van der Waals surface area contributed by atoms with E-state index in [2.05, 4.69) is 0 Å². The van der Waals surface area contributed by atoms with Crippen molar-refractivity contribution in [2.45, 2.75) is 44.2 Å². The van der Waals surface area contributed by atoms with E-state index in [1.807, 2.05) is 6.92 Å². The molecule has 2 rings (SSSR count). The maximum absolute atomic E-state index is 13.2. The zero-order chi connectivity index (χ0) is 19.0. The van der Waals surface area contributed by atoms with Gasteiger partial charge in [0.1, 0.15) is 0 Å². The predicted octanol–water partition coefficient (Wildman–Crippen LogP) is 0.143. The van der Waals surface area contributed by atoms with Crippen molar-refractivity contribution < 1.29 is 27.0 Å². The Labute approximate surface area is 149 Å². The molecule has 1 heterocycles. The summed E-state index contributed by atoms with van der Waals surface area (Å²) >= 11 is 0. The van der Waals surface area contributed by atoms with Crippen molar-refractivity contribution in [3.05, 3.63) is 28.8 Å². The number of aliphatic hydroxyl groups excluding tert-OH is 2. The van der Waals surface area contributed by atoms with Crippen molar-refractivity contribution in [3.8, 4) is 0 Å². The Balaban J connectivity index is 2.50. The summed E-state index contributed by atoms with van der Waals surface area (Å²) in [5.74, 6) is -0.348. The molecule has 0 aliphatic carbocycles. The molecule has 7 nitrogen and oxygen atoms in total. The van der Waals surface area contributed by atoms with Crippen LogP contribution in [0.1, 0.15) is 23.1 Å². The summed E-state index contributed by atoms with van der Waals surface area (Å²) in [6.45, 7) is 4.43. The van der Waals surface area contributed by atoms with E-state index in [1.54, 1.807) is 26.0 Å². The van der Waals surface area contributed by atoms with E-state index >= 15 is 0 Å². The molecule has 1 aromatic carbocycles. The number of nitrogens with zero attached hydrogens (tertiary/aromatic N) is 1. The second-order valence-corrected chi connectivity index (χ2v) is 10.8. The number of hydrogen-bond acceptors (Lipinski definition) is 6. The summed E-state index contributed by atoms with van der Waals surface area (Å²) in [7, 11) is -7.31. The molecule has 0 spiro atoms. The van der Waals surface area contributed by atoms with Gasteiger partial charge in [-0.1, -0.05) is 6.07 Å². The van der Waals surface area contributed by atoms with Gasteiger partial charge in [-0.2, -0.15) is 4.31 Å². The van der Waals surface area contributed by atoms with Crippen molar-refractivity contribution in [1.29, 1.82) is 0 Å². The fourth-order valence-electron chi connectivity index (χ4n) is 3.05. The third kappa shape index (κ3) is 4.40. The topological polar surface area (TPSA) is 112 Å². The number of hydrogen-bond donors (Lipinski definition) is 2. The number of rotatable bonds is 6. The third-order valence-electron chi connectivity index (χ3n) is 4.60. The SMILES string of the molecule is Cc1cc(C)c(S(=O)(=O)N(C[C@H](O)CO)[C@H]2CCS(=O)(=O)C2)cc1C. The highest BCUT2D eigenvalue weighted by atomic mass is 32.2. The normalized spacial score (nSPS) is 21.6. The van der Waals surface area contributed by atoms with Crippen molar-refractivity contribution in [1.82, 2.24) is 4.31 Å². The Morgan fingerprint density at radius 3 is 2.32 bits per heavy atom. The molecule has 25 heavy (non-hydrogen) atoms. The van der Waals surface area contributed by atoms with Crippen LogP contribution >= 0.6 is 0 Å². The Hall–Kier alpha value is -1.00. The second kappa shape index (κ2) is 7.32. The van der Waals surface area contributed by atoms with E-state index in [0.717, 1.165) is 15.4 Å². The van der Waals surface area contributed by atoms with Gasteiger partial charge in [-0.25, -0.2) is 16.8 Å². The van der Waals surface area contributed by atoms with E-state index < -0.39 is 38.6 Å². The molecule has 0 unspecified atom stereocenters. The van der Waals surface area contributed by atoms with Crippen LogP contribution in [0.25, 0.3) is 0 Å². The summed E-state index contributed by atoms with van der Waals surface area (Å²) in [5, 5.41) is 18.9. The van der Waals surface area contributed by atoms with Gasteiger partial charge in [0.05, 0.1) is 29.1 Å². The minimum absolute atomic E-state index is 0.0786. The molecule has 9 heteroatoms. The summed E-state index contributed by atoms with van der Waals surface area (Å²) in [6, 6.07) is 2.60. The molecular formula is C16H25NO6S2. The average molecular weight is 392 g/mol. The molecule has 0 radical (unpaired) electrons. The Morgan fingerprint density at radius 1 is 1.20 bits per heavy atom. The minimum atomic E-state index is -4.01. The Morgan fingerprint density at radius 2 is 1.80 bits per heavy atom. The van der Waals surface area contributed by atoms with Gasteiger partial charge in [0.2, 0.25) is 10.0 Å². The Bertz CT molecular complexity index is 848. The van der Waals surface area contributed by atoms with E-state index in [0.29, 0.717) is 5.56 Å². The van der Waals surface area contributed by atoms with E-state index in [1.165, 1.54) is 0 Å². The summed E-state index contributed by atoms with van der Waals surface area (Å²) in [5.41, 5.74) is 2.33. The van der Waals surface area contributed by atoms with Gasteiger partial charge in [-0.15, -0.1) is 0 Å². The van der Waals surface area contributed by atoms with Gasteiger partial charge in [0.15, 0.2) is 9.84 Å². The standard InChI is InChI=1S/C16H25NO6S2/c1-11-6-13(3)16(7-12(11)2)25(22,23)17(8-15(19)9-18)14-4-5-24(20,21)10-14/h6-7,14-15,18-19H,4-5,8-10H2,1-3H3/t14-,15-/m0/s1. The first-order chi connectivity index (χ1) is 11.5. The van der Waals surface area contributed by atoms with E-state index in [9.17, 15) is 21.9 Å². The van der Waals surface area contributed by atoms with Gasteiger partial charge in [-0.05, 0) is 49.9 Å². The first kappa shape index (κ1) is 20.3. The molecule has 0 aromatic heterocycles. The highest BCUT2D eigenvalue weighted by molar-refractivity contribution is 7.92. The molecule has 1 aliphatic heterocycles. The van der Waals surface area contributed by atoms with Crippen molar-refractivity contribution in [3.63, 3.8) is 0 Å². The van der Waals surface area contributed by atoms with Crippen LogP contribution in [-0.4, -0.2) is 68.2 Å². The molecule has 0 amide bonds. The van der Waals surface area contributed by atoms with Crippen LogP contribution in [0, 0.1) is 20.8 Å². The summed E-state index contributed by atoms with van der Waals surface area (Å²) in [4.78, 5) is 0.102. The lowest BCUT2D eigenvalue weighted by molar-refractivity contribution is 0.0730. The van der Waals surface area contributed by atoms with Crippen LogP contribution in [0.4, 0.5) is 0 Å². The number of aryl methyl sites for hydroxylation is 3. The highest BCUT2D eigenvalue weighted by Gasteiger charge is 2.40. The molecule has 2 atom stereocenters. The fraction of sp³-hybridized carbons (Fsp3) is 0.625. The molecule has 2 N–H and O–H groups in total. The number of aliphatic hydroxyl groups is 2.